The molecule has 0 bridgehead atoms. The second kappa shape index (κ2) is 8.61. The van der Waals surface area contributed by atoms with Crippen LogP contribution in [0, 0.1) is 5.92 Å². The van der Waals surface area contributed by atoms with E-state index in [9.17, 15) is 22.8 Å². The van der Waals surface area contributed by atoms with Crippen molar-refractivity contribution in [3.63, 3.8) is 0 Å². The first-order valence-electron chi connectivity index (χ1n) is 10.7. The molecular weight excluding hydrogens is 418 g/mol. The van der Waals surface area contributed by atoms with Crippen LogP contribution in [0.25, 0.3) is 0 Å². The van der Waals surface area contributed by atoms with Crippen molar-refractivity contribution in [1.82, 2.24) is 15.5 Å². The molecule has 4 unspecified atom stereocenters. The molecule has 0 saturated carbocycles. The zero-order valence-electron chi connectivity index (χ0n) is 18.4. The van der Waals surface area contributed by atoms with Crippen LogP contribution in [-0.2, 0) is 30.6 Å². The minimum Gasteiger partial charge on any atom is -0.354 e. The first-order chi connectivity index (χ1) is 14.5. The number of rotatable bonds is 8. The largest absolute Gasteiger partial charge is 0.354 e. The lowest BCUT2D eigenvalue weighted by atomic mass is 9.94. The third-order valence-corrected chi connectivity index (χ3v) is 9.37. The summed E-state index contributed by atoms with van der Waals surface area (Å²) < 4.78 is 24.1. The summed E-state index contributed by atoms with van der Waals surface area (Å²) in [5.74, 6) is -1.44. The maximum absolute atomic E-state index is 13.2. The number of hydrogen-bond donors (Lipinski definition) is 2. The topological polar surface area (TPSA) is 113 Å². The summed E-state index contributed by atoms with van der Waals surface area (Å²) in [6.45, 7) is 7.13. The molecule has 1 aromatic carbocycles. The lowest BCUT2D eigenvalue weighted by Gasteiger charge is -2.37. The predicted octanol–water partition coefficient (Wildman–Crippen LogP) is 1.01. The van der Waals surface area contributed by atoms with Crippen molar-refractivity contribution in [2.24, 2.45) is 5.92 Å². The lowest BCUT2D eigenvalue weighted by molar-refractivity contribution is -0.150. The number of nitrogens with one attached hydrogen (secondary N) is 2. The van der Waals surface area contributed by atoms with E-state index < -0.39 is 37.9 Å². The molecule has 0 aliphatic carbocycles. The highest BCUT2D eigenvalue weighted by atomic mass is 32.2. The Labute approximate surface area is 183 Å². The number of hydrogen-bond acceptors (Lipinski definition) is 5. The molecule has 2 N–H and O–H groups in total. The van der Waals surface area contributed by atoms with Gasteiger partial charge in [-0.3, -0.25) is 14.4 Å². The van der Waals surface area contributed by atoms with E-state index in [0.29, 0.717) is 19.4 Å². The summed E-state index contributed by atoms with van der Waals surface area (Å²) in [4.78, 5) is 39.3. The van der Waals surface area contributed by atoms with Gasteiger partial charge in [0.2, 0.25) is 17.7 Å². The van der Waals surface area contributed by atoms with Gasteiger partial charge in [-0.1, -0.05) is 50.6 Å². The van der Waals surface area contributed by atoms with Crippen LogP contribution < -0.4 is 10.6 Å². The third kappa shape index (κ3) is 4.07. The number of amides is 3. The van der Waals surface area contributed by atoms with Crippen molar-refractivity contribution in [3.8, 4) is 0 Å². The van der Waals surface area contributed by atoms with Gasteiger partial charge in [0.15, 0.2) is 9.84 Å². The number of benzene rings is 1. The van der Waals surface area contributed by atoms with Crippen molar-refractivity contribution in [2.45, 2.75) is 69.2 Å². The lowest BCUT2D eigenvalue weighted by Crippen LogP contribution is -2.62. The Morgan fingerprint density at radius 3 is 2.45 bits per heavy atom. The van der Waals surface area contributed by atoms with Gasteiger partial charge < -0.3 is 15.5 Å². The van der Waals surface area contributed by atoms with E-state index >= 15 is 0 Å². The smallest absolute Gasteiger partial charge is 0.245 e. The van der Waals surface area contributed by atoms with Crippen LogP contribution >= 0.6 is 0 Å². The highest BCUT2D eigenvalue weighted by molar-refractivity contribution is 7.93. The Balaban J connectivity index is 1.71. The highest BCUT2D eigenvalue weighted by Gasteiger charge is 2.67. The summed E-state index contributed by atoms with van der Waals surface area (Å²) in [5.41, 5.74) is 1.09. The number of β-lactam (4-membered cyclic amide) rings is 1. The monoisotopic (exact) mass is 449 g/mol. The summed E-state index contributed by atoms with van der Waals surface area (Å²) in [5, 5.41) is 4.67. The molecule has 9 heteroatoms. The third-order valence-electron chi connectivity index (χ3n) is 6.57. The van der Waals surface area contributed by atoms with E-state index in [2.05, 4.69) is 10.6 Å². The van der Waals surface area contributed by atoms with Crippen molar-refractivity contribution >= 4 is 27.6 Å². The van der Waals surface area contributed by atoms with Gasteiger partial charge in [0.05, 0.1) is 11.2 Å². The van der Waals surface area contributed by atoms with Crippen LogP contribution in [0.15, 0.2) is 30.3 Å². The van der Waals surface area contributed by atoms with E-state index in [1.165, 1.54) is 13.8 Å². The molecule has 3 rings (SSSR count). The van der Waals surface area contributed by atoms with Crippen molar-refractivity contribution < 1.29 is 22.8 Å². The molecule has 3 amide bonds. The zero-order chi connectivity index (χ0) is 23.0. The summed E-state index contributed by atoms with van der Waals surface area (Å²) in [6, 6.07) is 7.78. The molecule has 8 nitrogen and oxygen atoms in total. The number of carbonyl (C=O) groups excluding carboxylic acids is 3. The second-order valence-electron chi connectivity index (χ2n) is 8.91. The van der Waals surface area contributed by atoms with Crippen LogP contribution in [0.5, 0.6) is 0 Å². The Kier molecular flexibility index (Phi) is 6.45. The normalized spacial score (nSPS) is 25.2. The maximum Gasteiger partial charge on any atom is 0.245 e. The van der Waals surface area contributed by atoms with E-state index in [-0.39, 0.29) is 24.2 Å². The van der Waals surface area contributed by atoms with E-state index in [0.717, 1.165) is 10.5 Å². The molecule has 0 spiro atoms. The molecular formula is C22H31N3O5S. The molecule has 0 radical (unpaired) electrons. The first-order valence-corrected chi connectivity index (χ1v) is 12.2. The van der Waals surface area contributed by atoms with Gasteiger partial charge in [0, 0.05) is 6.54 Å². The molecule has 2 heterocycles. The fourth-order valence-electron chi connectivity index (χ4n) is 4.27. The molecule has 4 atom stereocenters. The standard InChI is InChI=1S/C22H31N3O5S/c1-5-14(2)18(20(27)23-12-11-15-9-7-6-8-10-15)24-21(28)19-22(3,4)31(29,30)17-13-16(26)25(17)19/h6-10,14,17-19H,5,11-13H2,1-4H3,(H,23,27)(H,24,28). The zero-order valence-corrected chi connectivity index (χ0v) is 19.2. The molecule has 31 heavy (non-hydrogen) atoms. The number of nitrogens with zero attached hydrogens (tertiary/aromatic N) is 1. The first kappa shape index (κ1) is 23.2. The van der Waals surface area contributed by atoms with Crippen LogP contribution in [0.1, 0.15) is 46.1 Å². The Morgan fingerprint density at radius 1 is 1.23 bits per heavy atom. The van der Waals surface area contributed by atoms with E-state index in [1.807, 2.05) is 44.2 Å². The summed E-state index contributed by atoms with van der Waals surface area (Å²) in [7, 11) is -3.68. The molecule has 170 valence electrons. The average molecular weight is 450 g/mol. The molecule has 2 aliphatic heterocycles. The predicted molar refractivity (Wildman–Crippen MR) is 117 cm³/mol. The summed E-state index contributed by atoms with van der Waals surface area (Å²) >= 11 is 0. The quantitative estimate of drug-likeness (QED) is 0.575. The van der Waals surface area contributed by atoms with Gasteiger partial charge in [0.25, 0.3) is 0 Å². The van der Waals surface area contributed by atoms with Gasteiger partial charge in [-0.2, -0.15) is 0 Å². The van der Waals surface area contributed by atoms with Crippen molar-refractivity contribution in [1.29, 1.82) is 0 Å². The second-order valence-corrected chi connectivity index (χ2v) is 11.6. The highest BCUT2D eigenvalue weighted by Crippen LogP contribution is 2.45. The van der Waals surface area contributed by atoms with Gasteiger partial charge in [-0.25, -0.2) is 8.42 Å². The van der Waals surface area contributed by atoms with Crippen LogP contribution in [0.4, 0.5) is 0 Å². The maximum atomic E-state index is 13.2. The van der Waals surface area contributed by atoms with Crippen LogP contribution in [-0.4, -0.2) is 59.8 Å². The van der Waals surface area contributed by atoms with E-state index in [4.69, 9.17) is 0 Å². The fourth-order valence-corrected chi connectivity index (χ4v) is 6.41. The van der Waals surface area contributed by atoms with E-state index in [1.54, 1.807) is 0 Å². The van der Waals surface area contributed by atoms with Crippen molar-refractivity contribution in [2.75, 3.05) is 6.54 Å². The molecule has 1 aromatic rings. The van der Waals surface area contributed by atoms with Gasteiger partial charge in [-0.15, -0.1) is 0 Å². The molecule has 2 saturated heterocycles. The number of sulfone groups is 1. The number of carbonyl (C=O) groups is 3. The fraction of sp³-hybridized carbons (Fsp3) is 0.591. The van der Waals surface area contributed by atoms with Gasteiger partial charge in [0.1, 0.15) is 17.5 Å². The molecule has 0 aromatic heterocycles. The van der Waals surface area contributed by atoms with Crippen LogP contribution in [0.2, 0.25) is 0 Å². The van der Waals surface area contributed by atoms with Gasteiger partial charge in [-0.05, 0) is 31.7 Å². The minimum atomic E-state index is -3.68. The minimum absolute atomic E-state index is 0.0929. The molecule has 2 aliphatic rings. The van der Waals surface area contributed by atoms with Gasteiger partial charge >= 0.3 is 0 Å². The summed E-state index contributed by atoms with van der Waals surface area (Å²) in [6.07, 6.45) is 1.21. The molecule has 2 fully saturated rings. The Hall–Kier alpha value is -2.42. The number of fused-ring (bicyclic) bond motifs is 1. The SMILES string of the molecule is CCC(C)C(NC(=O)C1N2C(=O)CC2S(=O)(=O)C1(C)C)C(=O)NCCc1ccccc1. The Bertz CT molecular complexity index is 961. The Morgan fingerprint density at radius 2 is 1.87 bits per heavy atom. The average Bonchev–Trinajstić information content (AvgIpc) is 2.85. The van der Waals surface area contributed by atoms with Crippen LogP contribution in [0.3, 0.4) is 0 Å². The van der Waals surface area contributed by atoms with Crippen molar-refractivity contribution in [3.05, 3.63) is 35.9 Å².